The molecule has 0 radical (unpaired) electrons. The fraction of sp³-hybridized carbons (Fsp3) is 0.150. The van der Waals surface area contributed by atoms with Crippen molar-refractivity contribution in [3.05, 3.63) is 76.9 Å². The van der Waals surface area contributed by atoms with Crippen LogP contribution in [0.3, 0.4) is 0 Å². The number of aromatic nitrogens is 2. The number of oxime groups is 1. The van der Waals surface area contributed by atoms with E-state index in [4.69, 9.17) is 16.3 Å². The lowest BCUT2D eigenvalue weighted by Crippen LogP contribution is -2.29. The Morgan fingerprint density at radius 2 is 1.97 bits per heavy atom. The van der Waals surface area contributed by atoms with Gasteiger partial charge >= 0.3 is 0 Å². The maximum absolute atomic E-state index is 12.4. The van der Waals surface area contributed by atoms with Crippen molar-refractivity contribution in [2.24, 2.45) is 5.16 Å². The van der Waals surface area contributed by atoms with E-state index >= 15 is 0 Å². The monoisotopic (exact) mass is 416 g/mol. The summed E-state index contributed by atoms with van der Waals surface area (Å²) in [7, 11) is 1.45. The van der Waals surface area contributed by atoms with Crippen molar-refractivity contribution < 1.29 is 18.8 Å². The van der Waals surface area contributed by atoms with Gasteiger partial charge in [0.25, 0.3) is 12.8 Å². The summed E-state index contributed by atoms with van der Waals surface area (Å²) in [5, 5.41) is 11.1. The molecule has 0 bridgehead atoms. The third-order valence-electron chi connectivity index (χ3n) is 3.95. The van der Waals surface area contributed by atoms with Crippen LogP contribution in [0, 0.1) is 0 Å². The van der Waals surface area contributed by atoms with Crippen molar-refractivity contribution in [1.82, 2.24) is 15.1 Å². The third-order valence-corrected chi connectivity index (χ3v) is 4.20. The molecule has 1 aromatic heterocycles. The number of halogens is 2. The number of carbonyl (C=O) groups excluding carboxylic acids is 1. The highest BCUT2D eigenvalue weighted by Gasteiger charge is 2.18. The van der Waals surface area contributed by atoms with Crippen LogP contribution in [0.5, 0.6) is 5.88 Å². The van der Waals surface area contributed by atoms with E-state index in [1.165, 1.54) is 7.05 Å². The van der Waals surface area contributed by atoms with Gasteiger partial charge in [-0.3, -0.25) is 4.79 Å². The molecule has 3 rings (SSSR count). The molecule has 0 aliphatic rings. The van der Waals surface area contributed by atoms with E-state index in [1.807, 2.05) is 12.1 Å². The van der Waals surface area contributed by atoms with Gasteiger partial charge in [0, 0.05) is 29.9 Å². The standard InChI is InChI=1S/C20H18ClFN4O3/c1-23-20(27)19(25-29-13-22)17-5-3-2-4-14(17)12-28-18-10-11-26(24-18)16-8-6-15(21)7-9-16/h2-11H,12-13H2,1H3,(H,23,27). The summed E-state index contributed by atoms with van der Waals surface area (Å²) in [6.45, 7) is -1.01. The minimum Gasteiger partial charge on any atom is -0.472 e. The molecule has 7 nitrogen and oxygen atoms in total. The van der Waals surface area contributed by atoms with Gasteiger partial charge in [0.2, 0.25) is 5.88 Å². The summed E-state index contributed by atoms with van der Waals surface area (Å²) in [5.74, 6) is -0.105. The van der Waals surface area contributed by atoms with E-state index in [-0.39, 0.29) is 12.3 Å². The molecular weight excluding hydrogens is 399 g/mol. The third kappa shape index (κ3) is 5.11. The summed E-state index contributed by atoms with van der Waals surface area (Å²) in [6, 6.07) is 15.9. The van der Waals surface area contributed by atoms with Gasteiger partial charge in [-0.1, -0.05) is 41.0 Å². The van der Waals surface area contributed by atoms with Crippen molar-refractivity contribution in [3.8, 4) is 11.6 Å². The van der Waals surface area contributed by atoms with Gasteiger partial charge in [-0.25, -0.2) is 9.07 Å². The van der Waals surface area contributed by atoms with E-state index in [9.17, 15) is 9.18 Å². The Morgan fingerprint density at radius 1 is 1.21 bits per heavy atom. The first-order valence-corrected chi connectivity index (χ1v) is 9.01. The Labute approximate surface area is 171 Å². The molecular formula is C20H18ClFN4O3. The number of benzene rings is 2. The highest BCUT2D eigenvalue weighted by molar-refractivity contribution is 6.45. The fourth-order valence-electron chi connectivity index (χ4n) is 2.57. The maximum Gasteiger partial charge on any atom is 0.273 e. The summed E-state index contributed by atoms with van der Waals surface area (Å²) in [6.07, 6.45) is 1.76. The summed E-state index contributed by atoms with van der Waals surface area (Å²) < 4.78 is 19.8. The van der Waals surface area contributed by atoms with Gasteiger partial charge < -0.3 is 14.9 Å². The number of hydrogen-bond acceptors (Lipinski definition) is 5. The molecule has 0 unspecified atom stereocenters. The molecule has 0 aliphatic heterocycles. The van der Waals surface area contributed by atoms with Gasteiger partial charge in [-0.15, -0.1) is 5.10 Å². The molecule has 0 saturated heterocycles. The molecule has 1 heterocycles. The Hall–Kier alpha value is -3.39. The fourth-order valence-corrected chi connectivity index (χ4v) is 2.70. The lowest BCUT2D eigenvalue weighted by Gasteiger charge is -2.11. The van der Waals surface area contributed by atoms with Crippen LogP contribution in [0.25, 0.3) is 5.69 Å². The number of carbonyl (C=O) groups is 1. The topological polar surface area (TPSA) is 77.7 Å². The van der Waals surface area contributed by atoms with Gasteiger partial charge in [-0.2, -0.15) is 0 Å². The van der Waals surface area contributed by atoms with E-state index in [0.717, 1.165) is 5.69 Å². The van der Waals surface area contributed by atoms with Crippen molar-refractivity contribution >= 4 is 23.2 Å². The molecule has 2 aromatic carbocycles. The second kappa shape index (κ2) is 9.70. The SMILES string of the molecule is CNC(=O)C(=NOCF)c1ccccc1COc1ccn(-c2ccc(Cl)cc2)n1. The number of amides is 1. The first-order chi connectivity index (χ1) is 14.1. The molecule has 9 heteroatoms. The molecule has 0 fully saturated rings. The quantitative estimate of drug-likeness (QED) is 0.450. The Balaban J connectivity index is 1.78. The van der Waals surface area contributed by atoms with Crippen LogP contribution in [-0.2, 0) is 16.2 Å². The molecule has 150 valence electrons. The van der Waals surface area contributed by atoms with E-state index in [2.05, 4.69) is 20.4 Å². The maximum atomic E-state index is 12.4. The van der Waals surface area contributed by atoms with Crippen molar-refractivity contribution in [2.45, 2.75) is 6.61 Å². The summed E-state index contributed by atoms with van der Waals surface area (Å²) >= 11 is 5.90. The van der Waals surface area contributed by atoms with Crippen LogP contribution >= 0.6 is 11.6 Å². The van der Waals surface area contributed by atoms with Gasteiger partial charge in [0.1, 0.15) is 6.61 Å². The van der Waals surface area contributed by atoms with Crippen LogP contribution in [0.1, 0.15) is 11.1 Å². The first-order valence-electron chi connectivity index (χ1n) is 8.63. The molecule has 1 N–H and O–H groups in total. The summed E-state index contributed by atoms with van der Waals surface area (Å²) in [4.78, 5) is 16.6. The molecule has 1 amide bonds. The van der Waals surface area contributed by atoms with Crippen molar-refractivity contribution in [3.63, 3.8) is 0 Å². The summed E-state index contributed by atoms with van der Waals surface area (Å²) in [5.41, 5.74) is 1.92. The molecule has 0 spiro atoms. The number of nitrogens with zero attached hydrogens (tertiary/aromatic N) is 3. The number of nitrogens with one attached hydrogen (secondary N) is 1. The number of ether oxygens (including phenoxy) is 1. The van der Waals surface area contributed by atoms with Crippen LogP contribution < -0.4 is 10.1 Å². The molecule has 0 saturated carbocycles. The zero-order valence-electron chi connectivity index (χ0n) is 15.5. The van der Waals surface area contributed by atoms with Crippen molar-refractivity contribution in [1.29, 1.82) is 0 Å². The Morgan fingerprint density at radius 3 is 2.69 bits per heavy atom. The Bertz CT molecular complexity index is 1000. The second-order valence-electron chi connectivity index (χ2n) is 5.78. The van der Waals surface area contributed by atoms with Crippen LogP contribution in [-0.4, -0.2) is 35.3 Å². The predicted octanol–water partition coefficient (Wildman–Crippen LogP) is 3.50. The number of rotatable bonds is 8. The number of likely N-dealkylation sites (N-methyl/N-ethyl adjacent to an activating group) is 1. The number of alkyl halides is 1. The zero-order chi connectivity index (χ0) is 20.6. The molecule has 0 aliphatic carbocycles. The lowest BCUT2D eigenvalue weighted by atomic mass is 10.0. The molecule has 3 aromatic rings. The van der Waals surface area contributed by atoms with Crippen LogP contribution in [0.2, 0.25) is 5.02 Å². The Kier molecular flexibility index (Phi) is 6.80. The van der Waals surface area contributed by atoms with Crippen LogP contribution in [0.15, 0.2) is 65.9 Å². The first kappa shape index (κ1) is 20.3. The molecule has 0 atom stereocenters. The minimum absolute atomic E-state index is 0.0453. The highest BCUT2D eigenvalue weighted by atomic mass is 35.5. The predicted molar refractivity (Wildman–Crippen MR) is 107 cm³/mol. The minimum atomic E-state index is -1.14. The smallest absolute Gasteiger partial charge is 0.273 e. The lowest BCUT2D eigenvalue weighted by molar-refractivity contribution is -0.114. The normalized spacial score (nSPS) is 11.2. The van der Waals surface area contributed by atoms with Gasteiger partial charge in [0.05, 0.1) is 5.69 Å². The van der Waals surface area contributed by atoms with E-state index < -0.39 is 12.8 Å². The van der Waals surface area contributed by atoms with E-state index in [1.54, 1.807) is 53.3 Å². The zero-order valence-corrected chi connectivity index (χ0v) is 16.3. The largest absolute Gasteiger partial charge is 0.472 e. The average Bonchev–Trinajstić information content (AvgIpc) is 3.22. The highest BCUT2D eigenvalue weighted by Crippen LogP contribution is 2.18. The van der Waals surface area contributed by atoms with Crippen molar-refractivity contribution in [2.75, 3.05) is 13.9 Å². The average molecular weight is 417 g/mol. The number of hydrogen-bond donors (Lipinski definition) is 1. The molecule has 29 heavy (non-hydrogen) atoms. The van der Waals surface area contributed by atoms with Gasteiger partial charge in [0.15, 0.2) is 5.71 Å². The van der Waals surface area contributed by atoms with Gasteiger partial charge in [-0.05, 0) is 29.8 Å². The van der Waals surface area contributed by atoms with Crippen LogP contribution in [0.4, 0.5) is 4.39 Å². The van der Waals surface area contributed by atoms with E-state index in [0.29, 0.717) is 22.0 Å². The second-order valence-corrected chi connectivity index (χ2v) is 6.21.